The second-order valence-electron chi connectivity index (χ2n) is 6.12. The molecule has 4 aromatic rings. The van der Waals surface area contributed by atoms with E-state index in [1.54, 1.807) is 22.4 Å². The van der Waals surface area contributed by atoms with Crippen LogP contribution in [0.3, 0.4) is 0 Å². The molecule has 2 aromatic heterocycles. The van der Waals surface area contributed by atoms with Crippen molar-refractivity contribution in [2.24, 2.45) is 0 Å². The third-order valence-electron chi connectivity index (χ3n) is 4.31. The second-order valence-corrected chi connectivity index (χ2v) is 7.10. The van der Waals surface area contributed by atoms with Gasteiger partial charge in [0.15, 0.2) is 5.16 Å². The van der Waals surface area contributed by atoms with Crippen LogP contribution in [0.5, 0.6) is 0 Å². The van der Waals surface area contributed by atoms with Crippen molar-refractivity contribution in [3.8, 4) is 0 Å². The summed E-state index contributed by atoms with van der Waals surface area (Å²) in [6.45, 7) is 4.21. The number of rotatable bonds is 6. The highest BCUT2D eigenvalue weighted by atomic mass is 32.2. The average molecular weight is 373 g/mol. The average Bonchev–Trinajstić information content (AvgIpc) is 3.08. The molecule has 0 aliphatic heterocycles. The molecule has 134 valence electrons. The van der Waals surface area contributed by atoms with Gasteiger partial charge in [-0.25, -0.2) is 4.98 Å². The number of allylic oxidation sites excluding steroid dienone is 1. The van der Waals surface area contributed by atoms with E-state index in [1.807, 2.05) is 42.5 Å². The third kappa shape index (κ3) is 3.46. The van der Waals surface area contributed by atoms with E-state index >= 15 is 0 Å². The van der Waals surface area contributed by atoms with E-state index in [0.717, 1.165) is 27.7 Å². The number of aromatic nitrogens is 3. The highest BCUT2D eigenvalue weighted by molar-refractivity contribution is 7.99. The van der Waals surface area contributed by atoms with Crippen LogP contribution in [-0.4, -0.2) is 20.3 Å². The van der Waals surface area contributed by atoms with E-state index in [4.69, 9.17) is 4.98 Å². The molecule has 4 rings (SSSR count). The Morgan fingerprint density at radius 1 is 1.11 bits per heavy atom. The summed E-state index contributed by atoms with van der Waals surface area (Å²) in [6, 6.07) is 18.0. The van der Waals surface area contributed by atoms with Gasteiger partial charge in [0.25, 0.3) is 5.56 Å². The highest BCUT2D eigenvalue weighted by Gasteiger charge is 2.14. The lowest BCUT2D eigenvalue weighted by Crippen LogP contribution is -2.22. The van der Waals surface area contributed by atoms with Gasteiger partial charge in [-0.2, -0.15) is 0 Å². The summed E-state index contributed by atoms with van der Waals surface area (Å²) in [7, 11) is 0. The molecule has 0 radical (unpaired) electrons. The second kappa shape index (κ2) is 7.68. The van der Waals surface area contributed by atoms with Crippen LogP contribution >= 0.6 is 11.8 Å². The van der Waals surface area contributed by atoms with E-state index in [1.165, 1.54) is 0 Å². The third-order valence-corrected chi connectivity index (χ3v) is 5.24. The first kappa shape index (κ1) is 17.4. The molecule has 0 atom stereocenters. The maximum absolute atomic E-state index is 13.0. The lowest BCUT2D eigenvalue weighted by atomic mass is 10.2. The summed E-state index contributed by atoms with van der Waals surface area (Å²) in [6.07, 6.45) is 5.89. The van der Waals surface area contributed by atoms with Crippen molar-refractivity contribution in [1.82, 2.24) is 14.5 Å². The van der Waals surface area contributed by atoms with Gasteiger partial charge in [0.05, 0.1) is 0 Å². The number of thioether (sulfide) groups is 1. The Balaban J connectivity index is 1.70. The molecule has 0 spiro atoms. The van der Waals surface area contributed by atoms with Gasteiger partial charge in [0.1, 0.15) is 11.0 Å². The largest absolute Gasteiger partial charge is 0.349 e. The predicted molar refractivity (Wildman–Crippen MR) is 114 cm³/mol. The van der Waals surface area contributed by atoms with Crippen LogP contribution in [0.2, 0.25) is 0 Å². The Kier molecular flexibility index (Phi) is 4.94. The van der Waals surface area contributed by atoms with Gasteiger partial charge in [-0.15, -0.1) is 6.58 Å². The monoisotopic (exact) mass is 373 g/mol. The van der Waals surface area contributed by atoms with Crippen LogP contribution < -0.4 is 5.56 Å². The lowest BCUT2D eigenvalue weighted by Gasteiger charge is -2.09. The number of nitrogens with one attached hydrogen (secondary N) is 1. The van der Waals surface area contributed by atoms with Gasteiger partial charge < -0.3 is 4.98 Å². The number of benzene rings is 2. The van der Waals surface area contributed by atoms with Gasteiger partial charge in [-0.05, 0) is 11.6 Å². The molecule has 0 saturated carbocycles. The van der Waals surface area contributed by atoms with Gasteiger partial charge in [0, 0.05) is 23.2 Å². The van der Waals surface area contributed by atoms with Gasteiger partial charge >= 0.3 is 0 Å². The first-order valence-electron chi connectivity index (χ1n) is 8.74. The Bertz CT molecular complexity index is 1190. The van der Waals surface area contributed by atoms with Crippen LogP contribution in [0.1, 0.15) is 5.56 Å². The van der Waals surface area contributed by atoms with Crippen molar-refractivity contribution in [2.75, 3.05) is 5.75 Å². The molecule has 0 aliphatic carbocycles. The molecule has 27 heavy (non-hydrogen) atoms. The summed E-state index contributed by atoms with van der Waals surface area (Å²) < 4.78 is 1.67. The summed E-state index contributed by atoms with van der Waals surface area (Å²) in [5, 5.41) is 1.67. The molecule has 2 heterocycles. The maximum atomic E-state index is 13.0. The Morgan fingerprint density at radius 3 is 2.70 bits per heavy atom. The van der Waals surface area contributed by atoms with Crippen molar-refractivity contribution in [1.29, 1.82) is 0 Å². The zero-order chi connectivity index (χ0) is 18.6. The minimum Gasteiger partial charge on any atom is -0.349 e. The van der Waals surface area contributed by atoms with Crippen molar-refractivity contribution in [3.05, 3.63) is 89.2 Å². The van der Waals surface area contributed by atoms with Crippen molar-refractivity contribution < 1.29 is 0 Å². The first-order valence-corrected chi connectivity index (χ1v) is 9.73. The Hall–Kier alpha value is -3.05. The van der Waals surface area contributed by atoms with Crippen LogP contribution in [0, 0.1) is 0 Å². The molecule has 0 unspecified atom stereocenters. The first-order chi connectivity index (χ1) is 13.3. The summed E-state index contributed by atoms with van der Waals surface area (Å²) >= 11 is 1.55. The SMILES string of the molecule is C=CCn1c(SC/C=C/c2ccccc2)nc2c([nH]c3ccccc32)c1=O. The zero-order valence-electron chi connectivity index (χ0n) is 14.8. The number of para-hydroxylation sites is 1. The number of fused-ring (bicyclic) bond motifs is 3. The molecule has 4 nitrogen and oxygen atoms in total. The molecule has 0 saturated heterocycles. The molecule has 0 amide bonds. The van der Waals surface area contributed by atoms with Crippen LogP contribution in [0.25, 0.3) is 28.0 Å². The van der Waals surface area contributed by atoms with E-state index in [-0.39, 0.29) is 5.56 Å². The molecule has 5 heteroatoms. The summed E-state index contributed by atoms with van der Waals surface area (Å²) in [5.41, 5.74) is 3.29. The fourth-order valence-corrected chi connectivity index (χ4v) is 3.86. The van der Waals surface area contributed by atoms with Gasteiger partial charge in [-0.1, -0.05) is 78.5 Å². The normalized spacial score (nSPS) is 11.6. The summed E-state index contributed by atoms with van der Waals surface area (Å²) in [5.74, 6) is 0.729. The minimum absolute atomic E-state index is 0.0642. The number of hydrogen-bond donors (Lipinski definition) is 1. The molecule has 2 aromatic carbocycles. The topological polar surface area (TPSA) is 50.7 Å². The van der Waals surface area contributed by atoms with E-state index in [2.05, 4.69) is 35.8 Å². The van der Waals surface area contributed by atoms with Crippen LogP contribution in [-0.2, 0) is 6.54 Å². The highest BCUT2D eigenvalue weighted by Crippen LogP contribution is 2.24. The lowest BCUT2D eigenvalue weighted by molar-refractivity contribution is 0.671. The number of nitrogens with zero attached hydrogens (tertiary/aromatic N) is 2. The van der Waals surface area contributed by atoms with Crippen molar-refractivity contribution in [2.45, 2.75) is 11.7 Å². The smallest absolute Gasteiger partial charge is 0.278 e. The molecule has 0 aliphatic rings. The summed E-state index contributed by atoms with van der Waals surface area (Å²) in [4.78, 5) is 21.0. The fourth-order valence-electron chi connectivity index (χ4n) is 3.05. The molecular formula is C22H19N3OS. The van der Waals surface area contributed by atoms with Gasteiger partial charge in [-0.3, -0.25) is 9.36 Å². The molecule has 1 N–H and O–H groups in total. The molecule has 0 fully saturated rings. The number of H-pyrrole nitrogens is 1. The predicted octanol–water partition coefficient (Wildman–Crippen LogP) is 4.87. The van der Waals surface area contributed by atoms with Crippen LogP contribution in [0.15, 0.2) is 83.3 Å². The number of hydrogen-bond acceptors (Lipinski definition) is 3. The van der Waals surface area contributed by atoms with Crippen molar-refractivity contribution in [3.63, 3.8) is 0 Å². The standard InChI is InChI=1S/C22H19N3OS/c1-2-14-25-21(26)20-19(17-12-6-7-13-18(17)23-20)24-22(25)27-15-8-11-16-9-4-3-5-10-16/h2-13,23H,1,14-15H2/b11-8+. The Morgan fingerprint density at radius 2 is 1.89 bits per heavy atom. The minimum atomic E-state index is -0.0642. The maximum Gasteiger partial charge on any atom is 0.278 e. The fraction of sp³-hybridized carbons (Fsp3) is 0.0909. The number of aromatic amines is 1. The Labute approximate surface area is 161 Å². The molecule has 0 bridgehead atoms. The zero-order valence-corrected chi connectivity index (χ0v) is 15.6. The van der Waals surface area contributed by atoms with Crippen molar-refractivity contribution >= 4 is 39.8 Å². The molecular weight excluding hydrogens is 354 g/mol. The van der Waals surface area contributed by atoms with Crippen LogP contribution in [0.4, 0.5) is 0 Å². The van der Waals surface area contributed by atoms with Gasteiger partial charge in [0.2, 0.25) is 0 Å². The van der Waals surface area contributed by atoms with E-state index < -0.39 is 0 Å². The van der Waals surface area contributed by atoms with E-state index in [9.17, 15) is 4.79 Å². The van der Waals surface area contributed by atoms with E-state index in [0.29, 0.717) is 17.2 Å². The quantitative estimate of drug-likeness (QED) is 0.298.